The van der Waals surface area contributed by atoms with Crippen molar-refractivity contribution < 1.29 is 9.59 Å². The average Bonchev–Trinajstić information content (AvgIpc) is 3.36. The summed E-state index contributed by atoms with van der Waals surface area (Å²) < 4.78 is 1.73. The highest BCUT2D eigenvalue weighted by Gasteiger charge is 2.28. The number of amides is 2. The number of fused-ring (bicyclic) bond motifs is 1. The van der Waals surface area contributed by atoms with Crippen LogP contribution < -0.4 is 5.32 Å². The Hall–Kier alpha value is -2.74. The van der Waals surface area contributed by atoms with Crippen molar-refractivity contribution in [1.82, 2.24) is 24.8 Å². The molecule has 4 rings (SSSR count). The molecule has 0 bridgehead atoms. The number of piperidine rings is 1. The van der Waals surface area contributed by atoms with Gasteiger partial charge in [0, 0.05) is 32.3 Å². The molecule has 2 amide bonds. The molecule has 7 nitrogen and oxygen atoms in total. The zero-order valence-corrected chi connectivity index (χ0v) is 15.2. The van der Waals surface area contributed by atoms with Gasteiger partial charge in [0.1, 0.15) is 5.56 Å². The Bertz CT molecular complexity index is 950. The maximum Gasteiger partial charge on any atom is 0.263 e. The van der Waals surface area contributed by atoms with Crippen LogP contribution in [0.25, 0.3) is 5.65 Å². The third-order valence-corrected chi connectivity index (χ3v) is 5.62. The molecule has 3 aromatic rings. The Kier molecular flexibility index (Phi) is 4.42. The van der Waals surface area contributed by atoms with Gasteiger partial charge in [-0.1, -0.05) is 6.07 Å². The number of rotatable bonds is 3. The number of thiophene rings is 1. The molecule has 8 heteroatoms. The standard InChI is InChI=1S/C18H19N5O2S/c1-19-17(24)13-10-21-23-14(6-7-20-16(13)23)12-4-2-8-22(11-12)18(25)15-5-3-9-26-15/h3,5-7,9-10,12H,2,4,8,11H2,1H3,(H,19,24). The molecule has 0 spiro atoms. The fraction of sp³-hybridized carbons (Fsp3) is 0.333. The number of likely N-dealkylation sites (tertiary alicyclic amines) is 1. The van der Waals surface area contributed by atoms with Gasteiger partial charge in [-0.25, -0.2) is 9.50 Å². The third-order valence-electron chi connectivity index (χ3n) is 4.76. The topological polar surface area (TPSA) is 79.6 Å². The lowest BCUT2D eigenvalue weighted by Crippen LogP contribution is -2.39. The SMILES string of the molecule is CNC(=O)c1cnn2c(C3CCCN(C(=O)c4cccs4)C3)ccnc12. The number of nitrogens with one attached hydrogen (secondary N) is 1. The Morgan fingerprint density at radius 2 is 2.23 bits per heavy atom. The van der Waals surface area contributed by atoms with Crippen LogP contribution in [0.15, 0.2) is 36.0 Å². The van der Waals surface area contributed by atoms with Gasteiger partial charge < -0.3 is 10.2 Å². The Labute approximate surface area is 154 Å². The van der Waals surface area contributed by atoms with Crippen LogP contribution in [0.4, 0.5) is 0 Å². The fourth-order valence-electron chi connectivity index (χ4n) is 3.47. The van der Waals surface area contributed by atoms with E-state index in [1.54, 1.807) is 24.0 Å². The second kappa shape index (κ2) is 6.87. The first kappa shape index (κ1) is 16.7. The summed E-state index contributed by atoms with van der Waals surface area (Å²) in [5.74, 6) is 0.0416. The van der Waals surface area contributed by atoms with Crippen LogP contribution in [-0.4, -0.2) is 51.4 Å². The minimum Gasteiger partial charge on any atom is -0.355 e. The average molecular weight is 369 g/mol. The largest absolute Gasteiger partial charge is 0.355 e. The molecule has 1 aliphatic rings. The van der Waals surface area contributed by atoms with E-state index in [2.05, 4.69) is 15.4 Å². The Balaban J connectivity index is 1.64. The van der Waals surface area contributed by atoms with Gasteiger partial charge in [-0.2, -0.15) is 5.10 Å². The predicted octanol–water partition coefficient (Wildman–Crippen LogP) is 2.17. The highest BCUT2D eigenvalue weighted by Crippen LogP contribution is 2.28. The summed E-state index contributed by atoms with van der Waals surface area (Å²) in [4.78, 5) is 31.7. The molecule has 0 saturated carbocycles. The molecule has 0 aliphatic carbocycles. The van der Waals surface area contributed by atoms with Gasteiger partial charge in [0.05, 0.1) is 16.8 Å². The molecule has 134 valence electrons. The number of carbonyl (C=O) groups is 2. The molecule has 0 radical (unpaired) electrons. The minimum absolute atomic E-state index is 0.0847. The quantitative estimate of drug-likeness (QED) is 0.767. The molecule has 3 aromatic heterocycles. The van der Waals surface area contributed by atoms with E-state index in [9.17, 15) is 9.59 Å². The third kappa shape index (κ3) is 2.86. The van der Waals surface area contributed by atoms with E-state index < -0.39 is 0 Å². The Morgan fingerprint density at radius 3 is 3.00 bits per heavy atom. The first-order chi connectivity index (χ1) is 12.7. The highest BCUT2D eigenvalue weighted by atomic mass is 32.1. The molecule has 1 N–H and O–H groups in total. The van der Waals surface area contributed by atoms with Crippen molar-refractivity contribution in [2.24, 2.45) is 0 Å². The second-order valence-corrected chi connectivity index (χ2v) is 7.26. The summed E-state index contributed by atoms with van der Waals surface area (Å²) in [5.41, 5.74) is 1.98. The van der Waals surface area contributed by atoms with E-state index in [1.807, 2.05) is 28.5 Å². The molecular formula is C18H19N5O2S. The molecule has 1 fully saturated rings. The maximum absolute atomic E-state index is 12.7. The molecule has 1 atom stereocenters. The number of nitrogens with zero attached hydrogens (tertiary/aromatic N) is 4. The highest BCUT2D eigenvalue weighted by molar-refractivity contribution is 7.12. The molecular weight excluding hydrogens is 350 g/mol. The van der Waals surface area contributed by atoms with Gasteiger partial charge in [0.2, 0.25) is 0 Å². The van der Waals surface area contributed by atoms with Gasteiger partial charge in [0.15, 0.2) is 5.65 Å². The summed E-state index contributed by atoms with van der Waals surface area (Å²) in [6.07, 6.45) is 5.17. The van der Waals surface area contributed by atoms with E-state index in [0.29, 0.717) is 17.8 Å². The first-order valence-electron chi connectivity index (χ1n) is 8.56. The monoisotopic (exact) mass is 369 g/mol. The van der Waals surface area contributed by atoms with Crippen LogP contribution in [-0.2, 0) is 0 Å². The molecule has 4 heterocycles. The molecule has 26 heavy (non-hydrogen) atoms. The Morgan fingerprint density at radius 1 is 1.35 bits per heavy atom. The lowest BCUT2D eigenvalue weighted by atomic mass is 9.94. The smallest absolute Gasteiger partial charge is 0.263 e. The number of aromatic nitrogens is 3. The van der Waals surface area contributed by atoms with Gasteiger partial charge in [-0.05, 0) is 30.4 Å². The maximum atomic E-state index is 12.7. The van der Waals surface area contributed by atoms with Crippen molar-refractivity contribution in [3.05, 3.63) is 52.1 Å². The van der Waals surface area contributed by atoms with Crippen LogP contribution in [0.5, 0.6) is 0 Å². The van der Waals surface area contributed by atoms with Crippen molar-refractivity contribution in [2.45, 2.75) is 18.8 Å². The summed E-state index contributed by atoms with van der Waals surface area (Å²) in [6, 6.07) is 5.69. The number of hydrogen-bond donors (Lipinski definition) is 1. The summed E-state index contributed by atoms with van der Waals surface area (Å²) >= 11 is 1.47. The van der Waals surface area contributed by atoms with Crippen LogP contribution in [0, 0.1) is 0 Å². The van der Waals surface area contributed by atoms with Crippen molar-refractivity contribution in [3.63, 3.8) is 0 Å². The molecule has 1 aliphatic heterocycles. The number of carbonyl (C=O) groups excluding carboxylic acids is 2. The van der Waals surface area contributed by atoms with Crippen LogP contribution in [0.1, 0.15) is 44.5 Å². The summed E-state index contributed by atoms with van der Waals surface area (Å²) in [7, 11) is 1.59. The van der Waals surface area contributed by atoms with Crippen molar-refractivity contribution in [1.29, 1.82) is 0 Å². The van der Waals surface area contributed by atoms with Gasteiger partial charge in [-0.3, -0.25) is 9.59 Å². The minimum atomic E-state index is -0.206. The van der Waals surface area contributed by atoms with Crippen molar-refractivity contribution in [2.75, 3.05) is 20.1 Å². The zero-order chi connectivity index (χ0) is 18.1. The molecule has 1 saturated heterocycles. The number of hydrogen-bond acceptors (Lipinski definition) is 5. The van der Waals surface area contributed by atoms with Crippen LogP contribution in [0.2, 0.25) is 0 Å². The lowest BCUT2D eigenvalue weighted by molar-refractivity contribution is 0.0710. The van der Waals surface area contributed by atoms with Crippen LogP contribution in [0.3, 0.4) is 0 Å². The normalized spacial score (nSPS) is 17.4. The van der Waals surface area contributed by atoms with E-state index in [1.165, 1.54) is 11.3 Å². The molecule has 0 aromatic carbocycles. The summed E-state index contributed by atoms with van der Waals surface area (Å²) in [5, 5.41) is 8.91. The van der Waals surface area contributed by atoms with E-state index in [-0.39, 0.29) is 17.7 Å². The van der Waals surface area contributed by atoms with Crippen LogP contribution >= 0.6 is 11.3 Å². The van der Waals surface area contributed by atoms with Crippen molar-refractivity contribution in [3.8, 4) is 0 Å². The predicted molar refractivity (Wildman–Crippen MR) is 98.6 cm³/mol. The zero-order valence-electron chi connectivity index (χ0n) is 14.4. The first-order valence-corrected chi connectivity index (χ1v) is 9.44. The molecule has 1 unspecified atom stereocenters. The summed E-state index contributed by atoms with van der Waals surface area (Å²) in [6.45, 7) is 1.41. The van der Waals surface area contributed by atoms with Gasteiger partial charge in [-0.15, -0.1) is 11.3 Å². The van der Waals surface area contributed by atoms with E-state index in [0.717, 1.165) is 30.0 Å². The fourth-order valence-corrected chi connectivity index (χ4v) is 4.16. The van der Waals surface area contributed by atoms with E-state index >= 15 is 0 Å². The van der Waals surface area contributed by atoms with E-state index in [4.69, 9.17) is 0 Å². The lowest BCUT2D eigenvalue weighted by Gasteiger charge is -2.32. The van der Waals surface area contributed by atoms with Gasteiger partial charge >= 0.3 is 0 Å². The second-order valence-electron chi connectivity index (χ2n) is 6.31. The van der Waals surface area contributed by atoms with Gasteiger partial charge in [0.25, 0.3) is 11.8 Å². The van der Waals surface area contributed by atoms with Crippen molar-refractivity contribution >= 4 is 28.8 Å².